The van der Waals surface area contributed by atoms with Gasteiger partial charge in [0.15, 0.2) is 0 Å². The first kappa shape index (κ1) is 8.77. The predicted molar refractivity (Wildman–Crippen MR) is 61.6 cm³/mol. The summed E-state index contributed by atoms with van der Waals surface area (Å²) in [4.78, 5) is 7.91. The van der Waals surface area contributed by atoms with Crippen LogP contribution in [0.4, 0.5) is 5.69 Å². The Hall–Kier alpha value is -1.51. The van der Waals surface area contributed by atoms with E-state index in [-0.39, 0.29) is 0 Å². The standard InChI is InChI=1S/C12H15N3/c13-9-4-5-10-11(7-9)15-12(14-10)6-8-2-1-3-8/h4-5,7-8H,1-3,6,13H2,(H,14,15). The number of H-pyrrole nitrogens is 1. The Morgan fingerprint density at radius 3 is 3.00 bits per heavy atom. The van der Waals surface area contributed by atoms with E-state index in [4.69, 9.17) is 5.73 Å². The highest BCUT2D eigenvalue weighted by Gasteiger charge is 2.19. The lowest BCUT2D eigenvalue weighted by Gasteiger charge is -2.23. The van der Waals surface area contributed by atoms with Crippen molar-refractivity contribution in [2.75, 3.05) is 5.73 Å². The van der Waals surface area contributed by atoms with Gasteiger partial charge in [0.2, 0.25) is 0 Å². The van der Waals surface area contributed by atoms with Crippen molar-refractivity contribution in [1.82, 2.24) is 9.97 Å². The van der Waals surface area contributed by atoms with Crippen LogP contribution in [0.25, 0.3) is 11.0 Å². The van der Waals surface area contributed by atoms with Gasteiger partial charge in [-0.25, -0.2) is 4.98 Å². The van der Waals surface area contributed by atoms with Gasteiger partial charge >= 0.3 is 0 Å². The van der Waals surface area contributed by atoms with E-state index in [0.29, 0.717) is 0 Å². The van der Waals surface area contributed by atoms with Crippen molar-refractivity contribution in [3.63, 3.8) is 0 Å². The Kier molecular flexibility index (Phi) is 1.91. The highest BCUT2D eigenvalue weighted by atomic mass is 14.9. The van der Waals surface area contributed by atoms with Crippen molar-refractivity contribution in [1.29, 1.82) is 0 Å². The van der Waals surface area contributed by atoms with Crippen LogP contribution in [-0.4, -0.2) is 9.97 Å². The summed E-state index contributed by atoms with van der Waals surface area (Å²) in [5, 5.41) is 0. The molecule has 1 aliphatic carbocycles. The van der Waals surface area contributed by atoms with E-state index in [0.717, 1.165) is 34.9 Å². The molecule has 1 aromatic heterocycles. The van der Waals surface area contributed by atoms with Crippen molar-refractivity contribution in [2.24, 2.45) is 5.92 Å². The lowest BCUT2D eigenvalue weighted by atomic mass is 9.83. The van der Waals surface area contributed by atoms with E-state index in [9.17, 15) is 0 Å². The molecule has 1 aromatic carbocycles. The van der Waals surface area contributed by atoms with Crippen LogP contribution in [0.1, 0.15) is 25.1 Å². The number of fused-ring (bicyclic) bond motifs is 1. The summed E-state index contributed by atoms with van der Waals surface area (Å²) in [6, 6.07) is 5.83. The minimum Gasteiger partial charge on any atom is -0.399 e. The summed E-state index contributed by atoms with van der Waals surface area (Å²) in [5.41, 5.74) is 8.60. The maximum absolute atomic E-state index is 5.72. The number of benzene rings is 1. The molecule has 1 heterocycles. The molecule has 0 saturated heterocycles. The minimum absolute atomic E-state index is 0.793. The number of imidazole rings is 1. The number of nitrogens with two attached hydrogens (primary N) is 1. The van der Waals surface area contributed by atoms with E-state index in [1.807, 2.05) is 18.2 Å². The summed E-state index contributed by atoms with van der Waals surface area (Å²) in [7, 11) is 0. The highest BCUT2D eigenvalue weighted by molar-refractivity contribution is 5.78. The number of aromatic amines is 1. The van der Waals surface area contributed by atoms with Gasteiger partial charge < -0.3 is 10.7 Å². The molecular formula is C12H15N3. The molecule has 3 rings (SSSR count). The van der Waals surface area contributed by atoms with Crippen molar-refractivity contribution in [2.45, 2.75) is 25.7 Å². The zero-order valence-corrected chi connectivity index (χ0v) is 8.66. The third-order valence-electron chi connectivity index (χ3n) is 3.26. The number of hydrogen-bond donors (Lipinski definition) is 2. The van der Waals surface area contributed by atoms with Crippen LogP contribution in [0.2, 0.25) is 0 Å². The van der Waals surface area contributed by atoms with Crippen LogP contribution in [0, 0.1) is 5.92 Å². The monoisotopic (exact) mass is 201 g/mol. The van der Waals surface area contributed by atoms with Crippen LogP contribution in [0.15, 0.2) is 18.2 Å². The number of nitrogens with zero attached hydrogens (tertiary/aromatic N) is 1. The molecule has 1 fully saturated rings. The molecule has 3 heteroatoms. The van der Waals surface area contributed by atoms with Gasteiger partial charge in [-0.2, -0.15) is 0 Å². The SMILES string of the molecule is Nc1ccc2nc(CC3CCC3)[nH]c2c1. The van der Waals surface area contributed by atoms with Crippen LogP contribution in [0.3, 0.4) is 0 Å². The molecule has 0 aliphatic heterocycles. The van der Waals surface area contributed by atoms with Gasteiger partial charge in [-0.3, -0.25) is 0 Å². The van der Waals surface area contributed by atoms with Gasteiger partial charge in [0.1, 0.15) is 5.82 Å². The van der Waals surface area contributed by atoms with Gasteiger partial charge in [-0.1, -0.05) is 19.3 Å². The van der Waals surface area contributed by atoms with E-state index < -0.39 is 0 Å². The molecular weight excluding hydrogens is 186 g/mol. The zero-order chi connectivity index (χ0) is 10.3. The van der Waals surface area contributed by atoms with Gasteiger partial charge in [-0.15, -0.1) is 0 Å². The summed E-state index contributed by atoms with van der Waals surface area (Å²) in [5.74, 6) is 1.96. The largest absolute Gasteiger partial charge is 0.399 e. The van der Waals surface area contributed by atoms with Gasteiger partial charge in [0.25, 0.3) is 0 Å². The van der Waals surface area contributed by atoms with Crippen molar-refractivity contribution < 1.29 is 0 Å². The molecule has 0 spiro atoms. The topological polar surface area (TPSA) is 54.7 Å². The van der Waals surface area contributed by atoms with Crippen LogP contribution < -0.4 is 5.73 Å². The molecule has 0 unspecified atom stereocenters. The first-order valence-electron chi connectivity index (χ1n) is 5.55. The molecule has 2 aromatic rings. The average molecular weight is 201 g/mol. The zero-order valence-electron chi connectivity index (χ0n) is 8.66. The summed E-state index contributed by atoms with van der Waals surface area (Å²) < 4.78 is 0. The van der Waals surface area contributed by atoms with E-state index >= 15 is 0 Å². The molecule has 0 bridgehead atoms. The minimum atomic E-state index is 0.793. The lowest BCUT2D eigenvalue weighted by Crippen LogP contribution is -2.14. The molecule has 0 atom stereocenters. The van der Waals surface area contributed by atoms with E-state index in [1.54, 1.807) is 0 Å². The normalized spacial score (nSPS) is 16.8. The van der Waals surface area contributed by atoms with Crippen molar-refractivity contribution in [3.05, 3.63) is 24.0 Å². The van der Waals surface area contributed by atoms with Gasteiger partial charge in [0.05, 0.1) is 11.0 Å². The summed E-state index contributed by atoms with van der Waals surface area (Å²) >= 11 is 0. The fourth-order valence-electron chi connectivity index (χ4n) is 2.15. The van der Waals surface area contributed by atoms with E-state index in [2.05, 4.69) is 9.97 Å². The smallest absolute Gasteiger partial charge is 0.107 e. The Balaban J connectivity index is 1.91. The molecule has 0 amide bonds. The Morgan fingerprint density at radius 1 is 1.40 bits per heavy atom. The first-order chi connectivity index (χ1) is 7.31. The van der Waals surface area contributed by atoms with Crippen molar-refractivity contribution >= 4 is 16.7 Å². The third-order valence-corrected chi connectivity index (χ3v) is 3.26. The average Bonchev–Trinajstić information content (AvgIpc) is 2.53. The number of nitrogen functional groups attached to an aromatic ring is 1. The molecule has 3 N–H and O–H groups in total. The number of nitrogens with one attached hydrogen (secondary N) is 1. The Labute approximate surface area is 88.7 Å². The fourth-order valence-corrected chi connectivity index (χ4v) is 2.15. The summed E-state index contributed by atoms with van der Waals surface area (Å²) in [6.07, 6.45) is 5.20. The quantitative estimate of drug-likeness (QED) is 0.733. The summed E-state index contributed by atoms with van der Waals surface area (Å²) in [6.45, 7) is 0. The molecule has 1 saturated carbocycles. The first-order valence-corrected chi connectivity index (χ1v) is 5.55. The molecule has 78 valence electrons. The third kappa shape index (κ3) is 1.58. The number of rotatable bonds is 2. The highest BCUT2D eigenvalue weighted by Crippen LogP contribution is 2.29. The Bertz CT molecular complexity index is 483. The fraction of sp³-hybridized carbons (Fsp3) is 0.417. The maximum Gasteiger partial charge on any atom is 0.107 e. The van der Waals surface area contributed by atoms with Crippen LogP contribution in [0.5, 0.6) is 0 Å². The number of hydrogen-bond acceptors (Lipinski definition) is 2. The Morgan fingerprint density at radius 2 is 2.27 bits per heavy atom. The second-order valence-electron chi connectivity index (χ2n) is 4.46. The van der Waals surface area contributed by atoms with Gasteiger partial charge in [0, 0.05) is 12.1 Å². The van der Waals surface area contributed by atoms with Gasteiger partial charge in [-0.05, 0) is 24.1 Å². The predicted octanol–water partition coefficient (Wildman–Crippen LogP) is 2.49. The molecule has 3 nitrogen and oxygen atoms in total. The maximum atomic E-state index is 5.72. The number of aromatic nitrogens is 2. The molecule has 0 radical (unpaired) electrons. The van der Waals surface area contributed by atoms with E-state index in [1.165, 1.54) is 19.3 Å². The molecule has 15 heavy (non-hydrogen) atoms. The van der Waals surface area contributed by atoms with Crippen molar-refractivity contribution in [3.8, 4) is 0 Å². The van der Waals surface area contributed by atoms with Crippen LogP contribution >= 0.6 is 0 Å². The lowest BCUT2D eigenvalue weighted by molar-refractivity contribution is 0.310. The second kappa shape index (κ2) is 3.26. The second-order valence-corrected chi connectivity index (χ2v) is 4.46. The van der Waals surface area contributed by atoms with Crippen LogP contribution in [-0.2, 0) is 6.42 Å². The number of anilines is 1. The molecule has 1 aliphatic rings.